The summed E-state index contributed by atoms with van der Waals surface area (Å²) in [4.78, 5) is 0. The average molecular weight is 193 g/mol. The molecule has 0 aromatic rings. The lowest BCUT2D eigenvalue weighted by Crippen LogP contribution is -2.28. The highest BCUT2D eigenvalue weighted by molar-refractivity contribution is 4.89. The molecule has 81 valence electrons. The molecule has 1 aliphatic carbocycles. The fourth-order valence-electron chi connectivity index (χ4n) is 2.66. The third kappa shape index (κ3) is 2.87. The van der Waals surface area contributed by atoms with Gasteiger partial charge in [0.15, 0.2) is 0 Å². The Labute approximate surface area is 89.8 Å². The molecule has 0 N–H and O–H groups in total. The molecular formula is C14H25. The van der Waals surface area contributed by atoms with Gasteiger partial charge in [0.1, 0.15) is 0 Å². The largest absolute Gasteiger partial charge is 0.103 e. The van der Waals surface area contributed by atoms with Crippen molar-refractivity contribution in [1.29, 1.82) is 0 Å². The van der Waals surface area contributed by atoms with Crippen LogP contribution in [0, 0.1) is 24.2 Å². The molecule has 0 aromatic carbocycles. The molecule has 1 saturated carbocycles. The van der Waals surface area contributed by atoms with E-state index in [2.05, 4.69) is 33.4 Å². The second-order valence-corrected chi connectivity index (χ2v) is 5.26. The molecule has 1 rings (SSSR count). The van der Waals surface area contributed by atoms with Gasteiger partial charge in [-0.1, -0.05) is 39.2 Å². The van der Waals surface area contributed by atoms with E-state index in [1.54, 1.807) is 0 Å². The summed E-state index contributed by atoms with van der Waals surface area (Å²) in [6, 6.07) is 0. The van der Waals surface area contributed by atoms with E-state index in [1.807, 2.05) is 0 Å². The molecule has 0 heterocycles. The molecule has 1 radical (unpaired) electrons. The first-order valence-electron chi connectivity index (χ1n) is 6.06. The van der Waals surface area contributed by atoms with Crippen LogP contribution < -0.4 is 0 Å². The van der Waals surface area contributed by atoms with Crippen LogP contribution in [0.1, 0.15) is 52.4 Å². The Bertz CT molecular complexity index is 178. The second-order valence-electron chi connectivity index (χ2n) is 5.26. The number of hydrogen-bond donors (Lipinski definition) is 0. The minimum atomic E-state index is 0.305. The first kappa shape index (κ1) is 11.8. The van der Waals surface area contributed by atoms with E-state index in [-0.39, 0.29) is 0 Å². The molecule has 0 spiro atoms. The van der Waals surface area contributed by atoms with Gasteiger partial charge in [0, 0.05) is 0 Å². The topological polar surface area (TPSA) is 0 Å². The molecule has 0 amide bonds. The summed E-state index contributed by atoms with van der Waals surface area (Å²) < 4.78 is 0. The Balaban J connectivity index is 2.51. The van der Waals surface area contributed by atoms with Gasteiger partial charge in [0.25, 0.3) is 0 Å². The highest BCUT2D eigenvalue weighted by atomic mass is 14.4. The van der Waals surface area contributed by atoms with Gasteiger partial charge in [-0.15, -0.1) is 6.58 Å². The second kappa shape index (κ2) is 5.00. The van der Waals surface area contributed by atoms with Gasteiger partial charge in [0.2, 0.25) is 0 Å². The molecule has 0 nitrogen and oxygen atoms in total. The lowest BCUT2D eigenvalue weighted by molar-refractivity contribution is 0.144. The van der Waals surface area contributed by atoms with Crippen molar-refractivity contribution < 1.29 is 0 Å². The van der Waals surface area contributed by atoms with E-state index in [4.69, 9.17) is 0 Å². The quantitative estimate of drug-likeness (QED) is 0.571. The summed E-state index contributed by atoms with van der Waals surface area (Å²) in [5, 5.41) is 0. The highest BCUT2D eigenvalue weighted by Gasteiger charge is 2.32. The summed E-state index contributed by atoms with van der Waals surface area (Å²) in [6.07, 6.45) is 10.1. The fraction of sp³-hybridized carbons (Fsp3) is 0.786. The van der Waals surface area contributed by atoms with Crippen molar-refractivity contribution in [3.8, 4) is 0 Å². The van der Waals surface area contributed by atoms with Crippen LogP contribution in [0.3, 0.4) is 0 Å². The van der Waals surface area contributed by atoms with Gasteiger partial charge >= 0.3 is 0 Å². The maximum Gasteiger partial charge on any atom is -0.0300 e. The van der Waals surface area contributed by atoms with Crippen LogP contribution in [0.25, 0.3) is 0 Å². The normalized spacial score (nSPS) is 28.8. The molecule has 0 bridgehead atoms. The van der Waals surface area contributed by atoms with E-state index >= 15 is 0 Å². The van der Waals surface area contributed by atoms with Gasteiger partial charge in [-0.2, -0.15) is 0 Å². The van der Waals surface area contributed by atoms with Crippen LogP contribution in [0.4, 0.5) is 0 Å². The lowest BCUT2D eigenvalue weighted by atomic mass is 9.66. The molecular weight excluding hydrogens is 168 g/mol. The van der Waals surface area contributed by atoms with Crippen LogP contribution >= 0.6 is 0 Å². The molecule has 0 aliphatic heterocycles. The zero-order chi connectivity index (χ0) is 10.6. The number of rotatable bonds is 4. The first-order valence-corrected chi connectivity index (χ1v) is 6.06. The minimum Gasteiger partial charge on any atom is -0.103 e. The van der Waals surface area contributed by atoms with Gasteiger partial charge in [-0.25, -0.2) is 0 Å². The zero-order valence-corrected chi connectivity index (χ0v) is 9.89. The molecule has 3 atom stereocenters. The third-order valence-electron chi connectivity index (χ3n) is 4.08. The molecule has 1 aliphatic rings. The van der Waals surface area contributed by atoms with Crippen molar-refractivity contribution in [3.63, 3.8) is 0 Å². The van der Waals surface area contributed by atoms with Crippen molar-refractivity contribution >= 4 is 0 Å². The minimum absolute atomic E-state index is 0.305. The third-order valence-corrected chi connectivity index (χ3v) is 4.08. The van der Waals surface area contributed by atoms with E-state index in [9.17, 15) is 0 Å². The summed E-state index contributed by atoms with van der Waals surface area (Å²) in [5.41, 5.74) is 0.305. The summed E-state index contributed by atoms with van der Waals surface area (Å²) in [5.74, 6) is 1.73. The van der Waals surface area contributed by atoms with Crippen molar-refractivity contribution in [3.05, 3.63) is 19.6 Å². The van der Waals surface area contributed by atoms with Gasteiger partial charge in [-0.05, 0) is 43.4 Å². The SMILES string of the molecule is [CH2]C(C)(CC)C1CCCC(CC=C)C1. The van der Waals surface area contributed by atoms with Gasteiger partial charge < -0.3 is 0 Å². The predicted molar refractivity (Wildman–Crippen MR) is 64.0 cm³/mol. The summed E-state index contributed by atoms with van der Waals surface area (Å²) in [7, 11) is 0. The molecule has 3 unspecified atom stereocenters. The van der Waals surface area contributed by atoms with Crippen molar-refractivity contribution in [2.45, 2.75) is 52.4 Å². The molecule has 0 heteroatoms. The molecule has 0 aromatic heterocycles. The van der Waals surface area contributed by atoms with Crippen molar-refractivity contribution in [1.82, 2.24) is 0 Å². The zero-order valence-electron chi connectivity index (χ0n) is 9.89. The molecule has 14 heavy (non-hydrogen) atoms. The fourth-order valence-corrected chi connectivity index (χ4v) is 2.66. The van der Waals surface area contributed by atoms with E-state index in [0.29, 0.717) is 5.41 Å². The number of hydrogen-bond acceptors (Lipinski definition) is 0. The van der Waals surface area contributed by atoms with E-state index < -0.39 is 0 Å². The van der Waals surface area contributed by atoms with Crippen molar-refractivity contribution in [2.75, 3.05) is 0 Å². The van der Waals surface area contributed by atoms with Crippen LogP contribution in [0.5, 0.6) is 0 Å². The van der Waals surface area contributed by atoms with Crippen molar-refractivity contribution in [2.24, 2.45) is 17.3 Å². The summed E-state index contributed by atoms with van der Waals surface area (Å²) in [6.45, 7) is 12.8. The lowest BCUT2D eigenvalue weighted by Gasteiger charge is -2.39. The highest BCUT2D eigenvalue weighted by Crippen LogP contribution is 2.42. The Morgan fingerprint density at radius 3 is 2.71 bits per heavy atom. The maximum atomic E-state index is 4.38. The summed E-state index contributed by atoms with van der Waals surface area (Å²) >= 11 is 0. The van der Waals surface area contributed by atoms with Crippen LogP contribution in [-0.2, 0) is 0 Å². The average Bonchev–Trinajstić information content (AvgIpc) is 2.19. The van der Waals surface area contributed by atoms with Crippen LogP contribution in [0.2, 0.25) is 0 Å². The molecule has 0 saturated heterocycles. The predicted octanol–water partition coefficient (Wildman–Crippen LogP) is 4.62. The van der Waals surface area contributed by atoms with Crippen LogP contribution in [0.15, 0.2) is 12.7 Å². The smallest absolute Gasteiger partial charge is 0.0300 e. The van der Waals surface area contributed by atoms with E-state index in [1.165, 1.54) is 38.5 Å². The Morgan fingerprint density at radius 1 is 1.43 bits per heavy atom. The Kier molecular flexibility index (Phi) is 4.22. The Hall–Kier alpha value is -0.260. The number of allylic oxidation sites excluding steroid dienone is 1. The first-order chi connectivity index (χ1) is 6.60. The van der Waals surface area contributed by atoms with E-state index in [0.717, 1.165) is 11.8 Å². The maximum absolute atomic E-state index is 4.38. The van der Waals surface area contributed by atoms with Gasteiger partial charge in [0.05, 0.1) is 0 Å². The monoisotopic (exact) mass is 193 g/mol. The molecule has 1 fully saturated rings. The Morgan fingerprint density at radius 2 is 2.14 bits per heavy atom. The van der Waals surface area contributed by atoms with Crippen LogP contribution in [-0.4, -0.2) is 0 Å². The standard InChI is InChI=1S/C14H25/c1-5-8-12-9-7-10-13(11-12)14(3,4)6-2/h5,12-13H,1,3,6-11H2,2,4H3. The van der Waals surface area contributed by atoms with Gasteiger partial charge in [-0.3, -0.25) is 0 Å².